The smallest absolute Gasteiger partial charge is 0.306 e. The van der Waals surface area contributed by atoms with Crippen LogP contribution in [0.4, 0.5) is 0 Å². The Bertz CT molecular complexity index is 679. The van der Waals surface area contributed by atoms with E-state index in [1.807, 2.05) is 0 Å². The molecule has 120 valence electrons. The molecule has 1 fully saturated rings. The van der Waals surface area contributed by atoms with Crippen LogP contribution in [-0.4, -0.2) is 32.3 Å². The van der Waals surface area contributed by atoms with Crippen molar-refractivity contribution in [1.29, 1.82) is 0 Å². The van der Waals surface area contributed by atoms with Crippen molar-refractivity contribution < 1.29 is 27.8 Å². The first kappa shape index (κ1) is 15.1. The Labute approximate surface area is 128 Å². The molecule has 0 bridgehead atoms. The Balaban J connectivity index is 1.68. The van der Waals surface area contributed by atoms with Crippen LogP contribution in [0.3, 0.4) is 0 Å². The van der Waals surface area contributed by atoms with E-state index in [9.17, 15) is 13.2 Å². The van der Waals surface area contributed by atoms with E-state index < -0.39 is 16.0 Å². The summed E-state index contributed by atoms with van der Waals surface area (Å²) in [7, 11) is -3.65. The van der Waals surface area contributed by atoms with Gasteiger partial charge in [-0.05, 0) is 37.8 Å². The normalized spacial score (nSPS) is 24.2. The number of benzene rings is 1. The Hall–Kier alpha value is -1.80. The number of carboxylic acids is 1. The molecule has 0 unspecified atom stereocenters. The van der Waals surface area contributed by atoms with E-state index in [-0.39, 0.29) is 23.6 Å². The molecule has 0 saturated heterocycles. The first-order chi connectivity index (χ1) is 10.5. The van der Waals surface area contributed by atoms with Gasteiger partial charge in [0.2, 0.25) is 16.8 Å². The van der Waals surface area contributed by atoms with Gasteiger partial charge in [-0.1, -0.05) is 0 Å². The summed E-state index contributed by atoms with van der Waals surface area (Å²) in [5, 5.41) is 8.96. The van der Waals surface area contributed by atoms with Gasteiger partial charge < -0.3 is 14.6 Å². The van der Waals surface area contributed by atoms with Gasteiger partial charge in [-0.15, -0.1) is 0 Å². The Kier molecular flexibility index (Phi) is 3.96. The predicted molar refractivity (Wildman–Crippen MR) is 76.3 cm³/mol. The van der Waals surface area contributed by atoms with E-state index in [0.717, 1.165) is 0 Å². The quantitative estimate of drug-likeness (QED) is 0.865. The second-order valence-electron chi connectivity index (χ2n) is 5.52. The van der Waals surface area contributed by atoms with Crippen LogP contribution < -0.4 is 14.2 Å². The van der Waals surface area contributed by atoms with Crippen molar-refractivity contribution in [2.45, 2.75) is 36.6 Å². The van der Waals surface area contributed by atoms with Crippen LogP contribution in [0, 0.1) is 5.92 Å². The molecule has 1 aliphatic carbocycles. The summed E-state index contributed by atoms with van der Waals surface area (Å²) in [6.07, 6.45) is 2.04. The first-order valence-corrected chi connectivity index (χ1v) is 8.59. The summed E-state index contributed by atoms with van der Waals surface area (Å²) in [6, 6.07) is 4.25. The molecule has 1 aromatic carbocycles. The van der Waals surface area contributed by atoms with Crippen LogP contribution in [0.1, 0.15) is 25.7 Å². The zero-order valence-corrected chi connectivity index (χ0v) is 12.6. The van der Waals surface area contributed by atoms with Crippen molar-refractivity contribution in [1.82, 2.24) is 4.72 Å². The first-order valence-electron chi connectivity index (χ1n) is 7.10. The second kappa shape index (κ2) is 5.77. The van der Waals surface area contributed by atoms with E-state index in [4.69, 9.17) is 14.6 Å². The molecule has 0 amide bonds. The lowest BCUT2D eigenvalue weighted by molar-refractivity contribution is -0.142. The molecule has 2 aliphatic rings. The summed E-state index contributed by atoms with van der Waals surface area (Å²) < 4.78 is 37.8. The van der Waals surface area contributed by atoms with E-state index >= 15 is 0 Å². The monoisotopic (exact) mass is 327 g/mol. The largest absolute Gasteiger partial charge is 0.481 e. The van der Waals surface area contributed by atoms with E-state index in [2.05, 4.69) is 4.72 Å². The van der Waals surface area contributed by atoms with Gasteiger partial charge in [-0.25, -0.2) is 13.1 Å². The maximum Gasteiger partial charge on any atom is 0.306 e. The van der Waals surface area contributed by atoms with Gasteiger partial charge in [0.15, 0.2) is 11.5 Å². The standard InChI is InChI=1S/C14H17NO6S/c16-14(17)9-1-3-10(4-2-9)15-22(18,19)11-5-6-12-13(7-11)21-8-20-12/h5-7,9-10,15H,1-4,8H2,(H,16,17). The molecule has 0 atom stereocenters. The van der Waals surface area contributed by atoms with Crippen molar-refractivity contribution in [2.24, 2.45) is 5.92 Å². The summed E-state index contributed by atoms with van der Waals surface area (Å²) in [5.41, 5.74) is 0. The molecule has 1 heterocycles. The molecular formula is C14H17NO6S. The fraction of sp³-hybridized carbons (Fsp3) is 0.500. The third-order valence-corrected chi connectivity index (χ3v) is 5.57. The third-order valence-electron chi connectivity index (χ3n) is 4.05. The second-order valence-corrected chi connectivity index (χ2v) is 7.24. The molecule has 2 N–H and O–H groups in total. The summed E-state index contributed by atoms with van der Waals surface area (Å²) in [4.78, 5) is 11.0. The number of rotatable bonds is 4. The fourth-order valence-electron chi connectivity index (χ4n) is 2.79. The Morgan fingerprint density at radius 2 is 1.82 bits per heavy atom. The highest BCUT2D eigenvalue weighted by Gasteiger charge is 2.29. The maximum atomic E-state index is 12.4. The number of nitrogens with one attached hydrogen (secondary N) is 1. The molecule has 7 nitrogen and oxygen atoms in total. The predicted octanol–water partition coefficient (Wildman–Crippen LogP) is 1.34. The Morgan fingerprint density at radius 1 is 1.14 bits per heavy atom. The molecule has 1 aliphatic heterocycles. The van der Waals surface area contributed by atoms with Gasteiger partial charge in [0.1, 0.15) is 0 Å². The zero-order chi connectivity index (χ0) is 15.7. The highest BCUT2D eigenvalue weighted by molar-refractivity contribution is 7.89. The lowest BCUT2D eigenvalue weighted by atomic mass is 9.87. The van der Waals surface area contributed by atoms with Gasteiger partial charge >= 0.3 is 5.97 Å². The number of hydrogen-bond acceptors (Lipinski definition) is 5. The van der Waals surface area contributed by atoms with Gasteiger partial charge in [-0.3, -0.25) is 4.79 Å². The SMILES string of the molecule is O=C(O)C1CCC(NS(=O)(=O)c2ccc3c(c2)OCO3)CC1. The van der Waals surface area contributed by atoms with Gasteiger partial charge in [0, 0.05) is 12.1 Å². The molecule has 3 rings (SSSR count). The molecule has 8 heteroatoms. The number of sulfonamides is 1. The van der Waals surface area contributed by atoms with Crippen molar-refractivity contribution in [2.75, 3.05) is 6.79 Å². The summed E-state index contributed by atoms with van der Waals surface area (Å²) in [6.45, 7) is 0.0888. The van der Waals surface area contributed by atoms with Crippen molar-refractivity contribution in [3.63, 3.8) is 0 Å². The minimum Gasteiger partial charge on any atom is -0.481 e. The van der Waals surface area contributed by atoms with E-state index in [1.165, 1.54) is 12.1 Å². The van der Waals surface area contributed by atoms with Gasteiger partial charge in [0.25, 0.3) is 0 Å². The van der Waals surface area contributed by atoms with Crippen LogP contribution in [0.2, 0.25) is 0 Å². The maximum absolute atomic E-state index is 12.4. The highest BCUT2D eigenvalue weighted by atomic mass is 32.2. The number of aliphatic carboxylic acids is 1. The zero-order valence-electron chi connectivity index (χ0n) is 11.8. The molecule has 0 spiro atoms. The highest BCUT2D eigenvalue weighted by Crippen LogP contribution is 2.34. The molecule has 0 radical (unpaired) electrons. The number of hydrogen-bond donors (Lipinski definition) is 2. The molecule has 1 aromatic rings. The molecular weight excluding hydrogens is 310 g/mol. The summed E-state index contributed by atoms with van der Waals surface area (Å²) in [5.74, 6) is -0.234. The summed E-state index contributed by atoms with van der Waals surface area (Å²) >= 11 is 0. The molecule has 0 aromatic heterocycles. The minimum atomic E-state index is -3.65. The van der Waals surface area contributed by atoms with Crippen molar-refractivity contribution in [3.8, 4) is 11.5 Å². The van der Waals surface area contributed by atoms with Crippen molar-refractivity contribution >= 4 is 16.0 Å². The topological polar surface area (TPSA) is 102 Å². The number of carbonyl (C=O) groups is 1. The number of fused-ring (bicyclic) bond motifs is 1. The van der Waals surface area contributed by atoms with Crippen molar-refractivity contribution in [3.05, 3.63) is 18.2 Å². The average Bonchev–Trinajstić information content (AvgIpc) is 2.94. The number of carboxylic acid groups (broad SMARTS) is 1. The minimum absolute atomic E-state index is 0.0888. The molecule has 1 saturated carbocycles. The Morgan fingerprint density at radius 3 is 2.50 bits per heavy atom. The lowest BCUT2D eigenvalue weighted by Crippen LogP contribution is -2.38. The van der Waals surface area contributed by atoms with Gasteiger partial charge in [0.05, 0.1) is 10.8 Å². The number of ether oxygens (including phenoxy) is 2. The van der Waals surface area contributed by atoms with Crippen LogP contribution in [0.15, 0.2) is 23.1 Å². The van der Waals surface area contributed by atoms with Crippen LogP contribution in [0.25, 0.3) is 0 Å². The van der Waals surface area contributed by atoms with Gasteiger partial charge in [-0.2, -0.15) is 0 Å². The van der Waals surface area contributed by atoms with E-state index in [1.54, 1.807) is 6.07 Å². The average molecular weight is 327 g/mol. The fourth-order valence-corrected chi connectivity index (χ4v) is 4.11. The van der Waals surface area contributed by atoms with E-state index in [0.29, 0.717) is 37.2 Å². The van der Waals surface area contributed by atoms with Crippen LogP contribution in [0.5, 0.6) is 11.5 Å². The third kappa shape index (κ3) is 3.02. The van der Waals surface area contributed by atoms with Crippen LogP contribution in [-0.2, 0) is 14.8 Å². The lowest BCUT2D eigenvalue weighted by Gasteiger charge is -2.26. The molecule has 22 heavy (non-hydrogen) atoms. The van der Waals surface area contributed by atoms with Crippen LogP contribution >= 0.6 is 0 Å².